The summed E-state index contributed by atoms with van der Waals surface area (Å²) in [4.78, 5) is 12.5. The minimum Gasteiger partial charge on any atom is -0.612 e. The molecule has 2 aromatic carbocycles. The Hall–Kier alpha value is -2.39. The summed E-state index contributed by atoms with van der Waals surface area (Å²) in [5, 5.41) is 2.61. The predicted octanol–water partition coefficient (Wildman–Crippen LogP) is 3.78. The molecule has 0 aromatic heterocycles. The molecular formula is C19H19F3N2O3S. The van der Waals surface area contributed by atoms with E-state index in [-0.39, 0.29) is 12.5 Å². The molecule has 1 aliphatic rings. The minimum atomic E-state index is -1.76. The van der Waals surface area contributed by atoms with E-state index in [1.807, 2.05) is 0 Å². The molecule has 28 heavy (non-hydrogen) atoms. The summed E-state index contributed by atoms with van der Waals surface area (Å²) in [5.41, 5.74) is 5.00. The Balaban J connectivity index is 2.07. The normalized spacial score (nSPS) is 14.6. The molecule has 3 N–H and O–H groups in total. The summed E-state index contributed by atoms with van der Waals surface area (Å²) in [6, 6.07) is 4.64. The SMILES string of the molecule is Cc1cc([S+](C)[O-])ccc1Nc1c(F)c(F)c(F)c(OCC2CC2)c1C(N)=O. The van der Waals surface area contributed by atoms with Crippen LogP contribution in [0.3, 0.4) is 0 Å². The molecule has 0 radical (unpaired) electrons. The quantitative estimate of drug-likeness (QED) is 0.535. The molecule has 5 nitrogen and oxygen atoms in total. The zero-order valence-electron chi connectivity index (χ0n) is 15.3. The van der Waals surface area contributed by atoms with Crippen LogP contribution in [0.15, 0.2) is 23.1 Å². The first-order chi connectivity index (χ1) is 13.2. The third-order valence-electron chi connectivity index (χ3n) is 4.48. The summed E-state index contributed by atoms with van der Waals surface area (Å²) in [6.45, 7) is 1.74. The van der Waals surface area contributed by atoms with Gasteiger partial charge in [0.15, 0.2) is 22.3 Å². The van der Waals surface area contributed by atoms with Crippen LogP contribution in [-0.4, -0.2) is 23.3 Å². The lowest BCUT2D eigenvalue weighted by Gasteiger charge is -2.18. The van der Waals surface area contributed by atoms with Gasteiger partial charge in [-0.3, -0.25) is 4.79 Å². The van der Waals surface area contributed by atoms with E-state index in [2.05, 4.69) is 5.32 Å². The highest BCUT2D eigenvalue weighted by Gasteiger charge is 2.31. The van der Waals surface area contributed by atoms with Crippen molar-refractivity contribution in [3.8, 4) is 5.75 Å². The van der Waals surface area contributed by atoms with Crippen molar-refractivity contribution in [1.82, 2.24) is 0 Å². The van der Waals surface area contributed by atoms with Gasteiger partial charge in [-0.05, 0) is 60.6 Å². The molecule has 0 heterocycles. The number of ether oxygens (including phenoxy) is 1. The van der Waals surface area contributed by atoms with Gasteiger partial charge < -0.3 is 20.3 Å². The standard InChI is InChI=1S/C19H19F3N2O3S/c1-9-7-11(28(2)26)5-6-12(9)24-17-13(19(23)25)18(27-8-10-3-4-10)16(22)14(20)15(17)21/h5-7,10,24H,3-4,8H2,1-2H3,(H2,23,25). The number of hydrogen-bond acceptors (Lipinski definition) is 4. The Morgan fingerprint density at radius 1 is 1.29 bits per heavy atom. The van der Waals surface area contributed by atoms with E-state index >= 15 is 0 Å². The average molecular weight is 412 g/mol. The Morgan fingerprint density at radius 3 is 2.50 bits per heavy atom. The van der Waals surface area contributed by atoms with E-state index in [1.165, 1.54) is 18.4 Å². The summed E-state index contributed by atoms with van der Waals surface area (Å²) < 4.78 is 59.8. The smallest absolute Gasteiger partial charge is 0.254 e. The van der Waals surface area contributed by atoms with Crippen LogP contribution in [0.4, 0.5) is 24.5 Å². The fraction of sp³-hybridized carbons (Fsp3) is 0.316. The number of amides is 1. The van der Waals surface area contributed by atoms with Crippen LogP contribution >= 0.6 is 0 Å². The van der Waals surface area contributed by atoms with E-state index in [0.29, 0.717) is 16.1 Å². The Labute approximate surface area is 163 Å². The molecule has 9 heteroatoms. The number of anilines is 2. The van der Waals surface area contributed by atoms with Crippen molar-refractivity contribution < 1.29 is 27.3 Å². The van der Waals surface area contributed by atoms with Crippen molar-refractivity contribution in [2.75, 3.05) is 18.2 Å². The lowest BCUT2D eigenvalue weighted by molar-refractivity contribution is 0.0995. The fourth-order valence-electron chi connectivity index (χ4n) is 2.70. The number of primary amides is 1. The maximum atomic E-state index is 14.5. The van der Waals surface area contributed by atoms with Gasteiger partial charge in [0.25, 0.3) is 5.91 Å². The van der Waals surface area contributed by atoms with E-state index in [0.717, 1.165) is 12.8 Å². The predicted molar refractivity (Wildman–Crippen MR) is 99.8 cm³/mol. The zero-order valence-corrected chi connectivity index (χ0v) is 16.1. The molecule has 0 saturated heterocycles. The van der Waals surface area contributed by atoms with Crippen LogP contribution in [0.1, 0.15) is 28.8 Å². The fourth-order valence-corrected chi connectivity index (χ4v) is 3.30. The maximum Gasteiger partial charge on any atom is 0.254 e. The topological polar surface area (TPSA) is 87.4 Å². The number of aryl methyl sites for hydroxylation is 1. The molecule has 1 fully saturated rings. The molecule has 0 bridgehead atoms. The van der Waals surface area contributed by atoms with Crippen molar-refractivity contribution in [1.29, 1.82) is 0 Å². The monoisotopic (exact) mass is 412 g/mol. The second kappa shape index (κ2) is 7.92. The summed E-state index contributed by atoms with van der Waals surface area (Å²) in [6.07, 6.45) is 3.27. The minimum absolute atomic E-state index is 0.0811. The maximum absolute atomic E-state index is 14.5. The number of nitrogens with one attached hydrogen (secondary N) is 1. The molecular weight excluding hydrogens is 393 g/mol. The molecule has 1 atom stereocenters. The van der Waals surface area contributed by atoms with Crippen LogP contribution in [0, 0.1) is 30.3 Å². The van der Waals surface area contributed by atoms with Crippen molar-refractivity contribution in [3.63, 3.8) is 0 Å². The third-order valence-corrected chi connectivity index (χ3v) is 5.40. The molecule has 3 rings (SSSR count). The van der Waals surface area contributed by atoms with Crippen molar-refractivity contribution >= 4 is 28.5 Å². The van der Waals surface area contributed by atoms with E-state index in [1.54, 1.807) is 13.0 Å². The van der Waals surface area contributed by atoms with Gasteiger partial charge in [0, 0.05) is 5.69 Å². The number of hydrogen-bond donors (Lipinski definition) is 2. The highest BCUT2D eigenvalue weighted by Crippen LogP contribution is 2.38. The van der Waals surface area contributed by atoms with Crippen molar-refractivity contribution in [3.05, 3.63) is 46.8 Å². The van der Waals surface area contributed by atoms with Crippen LogP contribution in [0.25, 0.3) is 0 Å². The van der Waals surface area contributed by atoms with Gasteiger partial charge in [0.2, 0.25) is 5.82 Å². The highest BCUT2D eigenvalue weighted by atomic mass is 32.2. The highest BCUT2D eigenvalue weighted by molar-refractivity contribution is 7.90. The number of halogens is 3. The van der Waals surface area contributed by atoms with Crippen LogP contribution in [0.5, 0.6) is 5.75 Å². The van der Waals surface area contributed by atoms with Gasteiger partial charge in [-0.25, -0.2) is 8.78 Å². The molecule has 0 spiro atoms. The molecule has 150 valence electrons. The van der Waals surface area contributed by atoms with Crippen LogP contribution in [-0.2, 0) is 11.2 Å². The first-order valence-electron chi connectivity index (χ1n) is 8.54. The largest absolute Gasteiger partial charge is 0.612 e. The van der Waals surface area contributed by atoms with Gasteiger partial charge in [-0.1, -0.05) is 0 Å². The number of carbonyl (C=O) groups excluding carboxylic acids is 1. The van der Waals surface area contributed by atoms with Gasteiger partial charge in [0.1, 0.15) is 11.8 Å². The first kappa shape index (κ1) is 20.3. The van der Waals surface area contributed by atoms with Crippen molar-refractivity contribution in [2.45, 2.75) is 24.7 Å². The second-order valence-electron chi connectivity index (χ2n) is 6.70. The summed E-state index contributed by atoms with van der Waals surface area (Å²) >= 11 is -1.23. The van der Waals surface area contributed by atoms with E-state index in [9.17, 15) is 22.5 Å². The lowest BCUT2D eigenvalue weighted by Crippen LogP contribution is -2.19. The molecule has 1 aliphatic carbocycles. The van der Waals surface area contributed by atoms with Gasteiger partial charge in [-0.15, -0.1) is 0 Å². The van der Waals surface area contributed by atoms with E-state index < -0.39 is 51.5 Å². The Morgan fingerprint density at radius 2 is 1.96 bits per heavy atom. The Kier molecular flexibility index (Phi) is 5.76. The second-order valence-corrected chi connectivity index (χ2v) is 8.08. The summed E-state index contributed by atoms with van der Waals surface area (Å²) in [5.74, 6) is -6.60. The van der Waals surface area contributed by atoms with Crippen LogP contribution in [0.2, 0.25) is 0 Å². The number of carbonyl (C=O) groups is 1. The number of rotatable bonds is 7. The van der Waals surface area contributed by atoms with Gasteiger partial charge in [-0.2, -0.15) is 4.39 Å². The number of nitrogens with two attached hydrogens (primary N) is 1. The number of benzene rings is 2. The zero-order chi connectivity index (χ0) is 20.6. The van der Waals surface area contributed by atoms with Gasteiger partial charge in [0.05, 0.1) is 12.3 Å². The summed E-state index contributed by atoms with van der Waals surface area (Å²) in [7, 11) is 0. The average Bonchev–Trinajstić information content (AvgIpc) is 3.46. The first-order valence-corrected chi connectivity index (χ1v) is 10.1. The van der Waals surface area contributed by atoms with Crippen LogP contribution < -0.4 is 15.8 Å². The molecule has 1 unspecified atom stereocenters. The van der Waals surface area contributed by atoms with Gasteiger partial charge >= 0.3 is 0 Å². The van der Waals surface area contributed by atoms with E-state index in [4.69, 9.17) is 10.5 Å². The molecule has 0 aliphatic heterocycles. The molecule has 1 saturated carbocycles. The van der Waals surface area contributed by atoms with Crippen molar-refractivity contribution in [2.24, 2.45) is 11.7 Å². The third kappa shape index (κ3) is 4.05. The molecule has 2 aromatic rings. The lowest BCUT2D eigenvalue weighted by atomic mass is 10.1. The molecule has 1 amide bonds. The Bertz CT molecular complexity index is 933.